The van der Waals surface area contributed by atoms with Gasteiger partial charge in [0.05, 0.1) is 11.9 Å². The second-order valence-electron chi connectivity index (χ2n) is 10.8. The highest BCUT2D eigenvalue weighted by Gasteiger charge is 2.18. The third kappa shape index (κ3) is 8.54. The summed E-state index contributed by atoms with van der Waals surface area (Å²) < 4.78 is 1.32. The van der Waals surface area contributed by atoms with Gasteiger partial charge in [-0.25, -0.2) is 4.98 Å². The van der Waals surface area contributed by atoms with E-state index in [0.29, 0.717) is 34.6 Å². The van der Waals surface area contributed by atoms with Crippen LogP contribution in [-0.2, 0) is 24.3 Å². The van der Waals surface area contributed by atoms with Crippen LogP contribution in [0.2, 0.25) is 0 Å². The molecular formula is C33H38N8O3. The number of rotatable bonds is 13. The Morgan fingerprint density at radius 2 is 1.68 bits per heavy atom. The van der Waals surface area contributed by atoms with E-state index < -0.39 is 11.5 Å². The van der Waals surface area contributed by atoms with Gasteiger partial charge in [-0.2, -0.15) is 0 Å². The number of nitrogens with zero attached hydrogens (tertiary/aromatic N) is 2. The molecule has 2 amide bonds. The van der Waals surface area contributed by atoms with Crippen molar-refractivity contribution in [2.45, 2.75) is 45.8 Å². The lowest BCUT2D eigenvalue weighted by Crippen LogP contribution is -2.35. The van der Waals surface area contributed by atoms with Gasteiger partial charge < -0.3 is 27.4 Å². The average molecular weight is 595 g/mol. The topological polar surface area (TPSA) is 181 Å². The molecule has 0 bridgehead atoms. The molecule has 3 aromatic carbocycles. The van der Waals surface area contributed by atoms with Crippen LogP contribution in [0, 0.1) is 5.41 Å². The molecule has 228 valence electrons. The minimum Gasteiger partial charge on any atom is -0.399 e. The number of nitrogen functional groups attached to an aromatic ring is 2. The number of aromatic nitrogens is 2. The van der Waals surface area contributed by atoms with E-state index in [1.807, 2.05) is 32.0 Å². The number of amidine groups is 1. The molecule has 1 aromatic heterocycles. The van der Waals surface area contributed by atoms with Crippen molar-refractivity contribution in [1.29, 1.82) is 5.41 Å². The summed E-state index contributed by atoms with van der Waals surface area (Å²) >= 11 is 0. The molecule has 0 fully saturated rings. The van der Waals surface area contributed by atoms with Crippen molar-refractivity contribution in [3.05, 3.63) is 112 Å². The lowest BCUT2D eigenvalue weighted by atomic mass is 10.1. The van der Waals surface area contributed by atoms with E-state index in [-0.39, 0.29) is 36.7 Å². The molecule has 44 heavy (non-hydrogen) atoms. The van der Waals surface area contributed by atoms with Crippen LogP contribution in [0.3, 0.4) is 0 Å². The molecule has 0 aliphatic heterocycles. The summed E-state index contributed by atoms with van der Waals surface area (Å²) in [6, 6.07) is 21.8. The Labute approximate surface area is 256 Å². The first kappa shape index (κ1) is 31.5. The Morgan fingerprint density at radius 3 is 2.36 bits per heavy atom. The molecule has 4 rings (SSSR count). The zero-order chi connectivity index (χ0) is 31.6. The molecule has 0 atom stereocenters. The van der Waals surface area contributed by atoms with Crippen LogP contribution < -0.4 is 33.0 Å². The number of carbonyl (C=O) groups excluding carboxylic acids is 2. The lowest BCUT2D eigenvalue weighted by molar-refractivity contribution is -0.121. The third-order valence-electron chi connectivity index (χ3n) is 6.82. The predicted molar refractivity (Wildman–Crippen MR) is 174 cm³/mol. The zero-order valence-electron chi connectivity index (χ0n) is 24.9. The van der Waals surface area contributed by atoms with Gasteiger partial charge >= 0.3 is 0 Å². The average Bonchev–Trinajstić information content (AvgIpc) is 3.00. The van der Waals surface area contributed by atoms with Crippen LogP contribution >= 0.6 is 0 Å². The number of hydrogen-bond donors (Lipinski definition) is 6. The van der Waals surface area contributed by atoms with Gasteiger partial charge in [-0.15, -0.1) is 0 Å². The normalized spacial score (nSPS) is 10.8. The van der Waals surface area contributed by atoms with E-state index in [1.54, 1.807) is 42.5 Å². The molecule has 11 heteroatoms. The SMILES string of the molecule is CC(C)Nc1ncc(-c2cc(N)cc(C(=O)NCCCc3ccccc3)c2)n(CC(=O)NCc2ccc(C(=N)N)cc2)c1=O. The first-order valence-corrected chi connectivity index (χ1v) is 14.4. The van der Waals surface area contributed by atoms with Gasteiger partial charge in [0.25, 0.3) is 11.5 Å². The molecule has 0 radical (unpaired) electrons. The Balaban J connectivity index is 1.53. The molecule has 1 heterocycles. The Hall–Kier alpha value is -5.45. The van der Waals surface area contributed by atoms with Crippen molar-refractivity contribution in [1.82, 2.24) is 20.2 Å². The quantitative estimate of drug-likeness (QED) is 0.0594. The Morgan fingerprint density at radius 1 is 0.955 bits per heavy atom. The first-order chi connectivity index (χ1) is 21.1. The van der Waals surface area contributed by atoms with Crippen LogP contribution in [-0.4, -0.2) is 39.8 Å². The number of amides is 2. The minimum atomic E-state index is -0.480. The highest BCUT2D eigenvalue weighted by atomic mass is 16.2. The summed E-state index contributed by atoms with van der Waals surface area (Å²) in [7, 11) is 0. The number of anilines is 2. The van der Waals surface area contributed by atoms with Gasteiger partial charge in [-0.1, -0.05) is 54.6 Å². The van der Waals surface area contributed by atoms with Crippen molar-refractivity contribution in [3.8, 4) is 11.3 Å². The maximum absolute atomic E-state index is 13.5. The van der Waals surface area contributed by atoms with Gasteiger partial charge in [-0.3, -0.25) is 24.4 Å². The largest absolute Gasteiger partial charge is 0.399 e. The molecule has 0 unspecified atom stereocenters. The first-order valence-electron chi connectivity index (χ1n) is 14.4. The maximum atomic E-state index is 13.5. The highest BCUT2D eigenvalue weighted by molar-refractivity contribution is 5.96. The van der Waals surface area contributed by atoms with Crippen molar-refractivity contribution in [2.24, 2.45) is 5.73 Å². The number of carbonyl (C=O) groups is 2. The molecule has 0 aliphatic carbocycles. The van der Waals surface area contributed by atoms with E-state index in [1.165, 1.54) is 16.3 Å². The lowest BCUT2D eigenvalue weighted by Gasteiger charge is -2.17. The Kier molecular flexibility index (Phi) is 10.5. The summed E-state index contributed by atoms with van der Waals surface area (Å²) in [5.74, 6) is -0.621. The summed E-state index contributed by atoms with van der Waals surface area (Å²) in [6.45, 7) is 4.18. The fraction of sp³-hybridized carbons (Fsp3) is 0.242. The number of benzene rings is 3. The zero-order valence-corrected chi connectivity index (χ0v) is 24.9. The second kappa shape index (κ2) is 14.6. The highest BCUT2D eigenvalue weighted by Crippen LogP contribution is 2.23. The summed E-state index contributed by atoms with van der Waals surface area (Å²) in [6.07, 6.45) is 3.11. The maximum Gasteiger partial charge on any atom is 0.294 e. The van der Waals surface area contributed by atoms with Crippen molar-refractivity contribution in [3.63, 3.8) is 0 Å². The van der Waals surface area contributed by atoms with E-state index in [0.717, 1.165) is 18.4 Å². The summed E-state index contributed by atoms with van der Waals surface area (Å²) in [5.41, 5.74) is 15.3. The molecule has 4 aromatic rings. The van der Waals surface area contributed by atoms with Crippen molar-refractivity contribution >= 4 is 29.2 Å². The summed E-state index contributed by atoms with van der Waals surface area (Å²) in [5, 5.41) is 16.3. The van der Waals surface area contributed by atoms with Gasteiger partial charge in [0.15, 0.2) is 5.82 Å². The van der Waals surface area contributed by atoms with Crippen LogP contribution in [0.4, 0.5) is 11.5 Å². The number of nitrogens with two attached hydrogens (primary N) is 2. The van der Waals surface area contributed by atoms with Crippen LogP contribution in [0.5, 0.6) is 0 Å². The van der Waals surface area contributed by atoms with E-state index in [4.69, 9.17) is 16.9 Å². The molecule has 0 spiro atoms. The molecule has 8 N–H and O–H groups in total. The van der Waals surface area contributed by atoms with Gasteiger partial charge in [-0.05, 0) is 56.0 Å². The van der Waals surface area contributed by atoms with Crippen LogP contribution in [0.15, 0.2) is 83.8 Å². The fourth-order valence-corrected chi connectivity index (χ4v) is 4.62. The van der Waals surface area contributed by atoms with Crippen LogP contribution in [0.25, 0.3) is 11.3 Å². The van der Waals surface area contributed by atoms with Gasteiger partial charge in [0.1, 0.15) is 12.4 Å². The number of aryl methyl sites for hydroxylation is 1. The Bertz CT molecular complexity index is 1680. The van der Waals surface area contributed by atoms with E-state index in [9.17, 15) is 14.4 Å². The monoisotopic (exact) mass is 594 g/mol. The van der Waals surface area contributed by atoms with E-state index >= 15 is 0 Å². The van der Waals surface area contributed by atoms with Gasteiger partial charge in [0, 0.05) is 41.5 Å². The molecule has 0 saturated carbocycles. The smallest absolute Gasteiger partial charge is 0.294 e. The standard InChI is InChI=1S/C33H38N8O3/c1-21(2)40-31-33(44)41(20-29(42)38-18-23-10-12-24(13-11-23)30(35)36)28(19-39-31)25-15-26(17-27(34)16-25)32(43)37-14-6-9-22-7-4-3-5-8-22/h3-5,7-8,10-13,15-17,19,21H,6,9,14,18,20,34H2,1-2H3,(H3,35,36)(H,37,43)(H,38,42)(H,39,40). The van der Waals surface area contributed by atoms with Crippen molar-refractivity contribution < 1.29 is 9.59 Å². The number of hydrogen-bond acceptors (Lipinski definition) is 7. The van der Waals surface area contributed by atoms with Crippen LogP contribution in [0.1, 0.15) is 47.3 Å². The predicted octanol–water partition coefficient (Wildman–Crippen LogP) is 3.28. The molecule has 11 nitrogen and oxygen atoms in total. The van der Waals surface area contributed by atoms with Gasteiger partial charge in [0.2, 0.25) is 5.91 Å². The summed E-state index contributed by atoms with van der Waals surface area (Å²) in [4.78, 5) is 43.9. The third-order valence-corrected chi connectivity index (χ3v) is 6.82. The second-order valence-corrected chi connectivity index (χ2v) is 10.8. The molecule has 0 saturated heterocycles. The number of nitrogens with one attached hydrogen (secondary N) is 4. The fourth-order valence-electron chi connectivity index (χ4n) is 4.62. The molecule has 0 aliphatic rings. The van der Waals surface area contributed by atoms with E-state index in [2.05, 4.69) is 33.1 Å². The minimum absolute atomic E-state index is 0.0405. The molecular weight excluding hydrogens is 556 g/mol. The van der Waals surface area contributed by atoms with Crippen molar-refractivity contribution in [2.75, 3.05) is 17.6 Å².